The van der Waals surface area contributed by atoms with Gasteiger partial charge in [-0.15, -0.1) is 6.42 Å². The molecule has 0 saturated heterocycles. The quantitative estimate of drug-likeness (QED) is 0.820. The molecule has 0 spiro atoms. The zero-order chi connectivity index (χ0) is 15.1. The number of methoxy groups -OCH3 is 1. The number of rotatable bonds is 6. The maximum atomic E-state index is 5.55. The molecule has 0 aliphatic heterocycles. The van der Waals surface area contributed by atoms with Crippen LogP contribution in [0.15, 0.2) is 42.5 Å². The summed E-state index contributed by atoms with van der Waals surface area (Å²) in [4.78, 5) is 0. The van der Waals surface area contributed by atoms with Crippen molar-refractivity contribution in [3.8, 4) is 23.8 Å². The molecule has 0 aromatic heterocycles. The smallest absolute Gasteiger partial charge is 0.148 e. The Bertz CT molecular complexity index is 644. The van der Waals surface area contributed by atoms with Gasteiger partial charge in [0.05, 0.1) is 12.8 Å². The normalized spacial score (nSPS) is 9.76. The molecule has 0 amide bonds. The lowest BCUT2D eigenvalue weighted by Gasteiger charge is -2.14. The fraction of sp³-hybridized carbons (Fsp3) is 0.222. The van der Waals surface area contributed by atoms with E-state index in [1.54, 1.807) is 7.11 Å². The van der Waals surface area contributed by atoms with E-state index in [4.69, 9.17) is 15.9 Å². The summed E-state index contributed by atoms with van der Waals surface area (Å²) in [6.45, 7) is 2.96. The van der Waals surface area contributed by atoms with Crippen LogP contribution < -0.4 is 14.8 Å². The second-order valence-electron chi connectivity index (χ2n) is 4.66. The van der Waals surface area contributed by atoms with Gasteiger partial charge in [0.25, 0.3) is 0 Å². The van der Waals surface area contributed by atoms with E-state index in [9.17, 15) is 0 Å². The van der Waals surface area contributed by atoms with Crippen molar-refractivity contribution < 1.29 is 9.47 Å². The number of hydrogen-bond acceptors (Lipinski definition) is 3. The molecule has 0 heterocycles. The Labute approximate surface area is 125 Å². The number of ether oxygens (including phenoxy) is 2. The molecular formula is C18H19NO2. The summed E-state index contributed by atoms with van der Waals surface area (Å²) in [5, 5.41) is 3.38. The van der Waals surface area contributed by atoms with Gasteiger partial charge in [-0.25, -0.2) is 0 Å². The zero-order valence-corrected chi connectivity index (χ0v) is 12.3. The summed E-state index contributed by atoms with van der Waals surface area (Å²) in [6, 6.07) is 13.9. The van der Waals surface area contributed by atoms with E-state index in [0.29, 0.717) is 6.54 Å². The number of nitrogens with one attached hydrogen (secondary N) is 1. The van der Waals surface area contributed by atoms with Crippen LogP contribution in [0, 0.1) is 19.3 Å². The number of benzene rings is 2. The first-order valence-electron chi connectivity index (χ1n) is 6.77. The lowest BCUT2D eigenvalue weighted by Crippen LogP contribution is -2.04. The minimum Gasteiger partial charge on any atom is -0.495 e. The van der Waals surface area contributed by atoms with Gasteiger partial charge in [-0.05, 0) is 30.7 Å². The van der Waals surface area contributed by atoms with Gasteiger partial charge in [0.1, 0.15) is 18.1 Å². The lowest BCUT2D eigenvalue weighted by molar-refractivity contribution is 0.366. The Kier molecular flexibility index (Phi) is 5.11. The SMILES string of the molecule is C#CCOc1ccccc1CNc1cc(C)ccc1OC. The third kappa shape index (κ3) is 3.93. The van der Waals surface area contributed by atoms with Crippen molar-refractivity contribution in [1.29, 1.82) is 0 Å². The molecule has 0 radical (unpaired) electrons. The second kappa shape index (κ2) is 7.25. The third-order valence-electron chi connectivity index (χ3n) is 3.11. The van der Waals surface area contributed by atoms with Gasteiger partial charge in [0.2, 0.25) is 0 Å². The van der Waals surface area contributed by atoms with Crippen molar-refractivity contribution in [3.05, 3.63) is 53.6 Å². The Morgan fingerprint density at radius 3 is 2.71 bits per heavy atom. The monoisotopic (exact) mass is 281 g/mol. The average molecular weight is 281 g/mol. The molecule has 0 aliphatic rings. The summed E-state index contributed by atoms with van der Waals surface area (Å²) in [5.41, 5.74) is 3.19. The largest absolute Gasteiger partial charge is 0.495 e. The molecule has 0 saturated carbocycles. The van der Waals surface area contributed by atoms with Crippen LogP contribution in [0.3, 0.4) is 0 Å². The van der Waals surface area contributed by atoms with Crippen LogP contribution in [0.2, 0.25) is 0 Å². The van der Waals surface area contributed by atoms with Crippen LogP contribution in [0.1, 0.15) is 11.1 Å². The van der Waals surface area contributed by atoms with Gasteiger partial charge < -0.3 is 14.8 Å². The molecule has 3 heteroatoms. The predicted octanol–water partition coefficient (Wildman–Crippen LogP) is 3.63. The van der Waals surface area contributed by atoms with E-state index < -0.39 is 0 Å². The number of hydrogen-bond donors (Lipinski definition) is 1. The van der Waals surface area contributed by atoms with Crippen molar-refractivity contribution in [2.45, 2.75) is 13.5 Å². The first kappa shape index (κ1) is 14.8. The summed E-state index contributed by atoms with van der Waals surface area (Å²) < 4.78 is 10.9. The van der Waals surface area contributed by atoms with Crippen molar-refractivity contribution in [1.82, 2.24) is 0 Å². The fourth-order valence-electron chi connectivity index (χ4n) is 2.06. The summed E-state index contributed by atoms with van der Waals surface area (Å²) >= 11 is 0. The Morgan fingerprint density at radius 2 is 1.95 bits per heavy atom. The molecule has 0 atom stereocenters. The third-order valence-corrected chi connectivity index (χ3v) is 3.11. The predicted molar refractivity (Wildman–Crippen MR) is 85.8 cm³/mol. The minimum absolute atomic E-state index is 0.269. The van der Waals surface area contributed by atoms with Gasteiger partial charge in [0.15, 0.2) is 0 Å². The second-order valence-corrected chi connectivity index (χ2v) is 4.66. The van der Waals surface area contributed by atoms with Gasteiger partial charge in [-0.1, -0.05) is 30.2 Å². The van der Waals surface area contributed by atoms with Gasteiger partial charge in [0, 0.05) is 12.1 Å². The topological polar surface area (TPSA) is 30.5 Å². The molecule has 2 rings (SSSR count). The van der Waals surface area contributed by atoms with Crippen molar-refractivity contribution in [2.75, 3.05) is 19.0 Å². The Balaban J connectivity index is 2.13. The first-order chi connectivity index (χ1) is 10.2. The Morgan fingerprint density at radius 1 is 1.14 bits per heavy atom. The highest BCUT2D eigenvalue weighted by Crippen LogP contribution is 2.27. The van der Waals surface area contributed by atoms with Crippen molar-refractivity contribution in [3.63, 3.8) is 0 Å². The van der Waals surface area contributed by atoms with Crippen LogP contribution in [-0.2, 0) is 6.54 Å². The molecule has 3 nitrogen and oxygen atoms in total. The van der Waals surface area contributed by atoms with E-state index in [1.165, 1.54) is 5.56 Å². The molecule has 2 aromatic rings. The summed E-state index contributed by atoms with van der Waals surface area (Å²) in [7, 11) is 1.67. The molecule has 108 valence electrons. The molecule has 0 bridgehead atoms. The van der Waals surface area contributed by atoms with E-state index in [1.807, 2.05) is 36.4 Å². The lowest BCUT2D eigenvalue weighted by atomic mass is 10.1. The average Bonchev–Trinajstić information content (AvgIpc) is 2.52. The molecule has 0 aliphatic carbocycles. The van der Waals surface area contributed by atoms with Gasteiger partial charge in [-0.3, -0.25) is 0 Å². The van der Waals surface area contributed by atoms with Gasteiger partial charge in [-0.2, -0.15) is 0 Å². The summed E-state index contributed by atoms with van der Waals surface area (Å²) in [6.07, 6.45) is 5.24. The van der Waals surface area contributed by atoms with Crippen LogP contribution in [-0.4, -0.2) is 13.7 Å². The maximum absolute atomic E-state index is 5.55. The molecule has 2 aromatic carbocycles. The zero-order valence-electron chi connectivity index (χ0n) is 12.3. The van der Waals surface area contributed by atoms with Crippen LogP contribution in [0.5, 0.6) is 11.5 Å². The van der Waals surface area contributed by atoms with Gasteiger partial charge >= 0.3 is 0 Å². The number of aryl methyl sites for hydroxylation is 1. The molecule has 0 unspecified atom stereocenters. The minimum atomic E-state index is 0.269. The molecular weight excluding hydrogens is 262 g/mol. The Hall–Kier alpha value is -2.60. The molecule has 21 heavy (non-hydrogen) atoms. The van der Waals surface area contributed by atoms with E-state index >= 15 is 0 Å². The standard InChI is InChI=1S/C18H19NO2/c1-4-11-21-17-8-6-5-7-15(17)13-19-16-12-14(2)9-10-18(16)20-3/h1,5-10,12,19H,11,13H2,2-3H3. The molecule has 1 N–H and O–H groups in total. The highest BCUT2D eigenvalue weighted by atomic mass is 16.5. The van der Waals surface area contributed by atoms with E-state index in [0.717, 1.165) is 22.7 Å². The van der Waals surface area contributed by atoms with E-state index in [2.05, 4.69) is 24.2 Å². The number of para-hydroxylation sites is 1. The van der Waals surface area contributed by atoms with Crippen LogP contribution in [0.25, 0.3) is 0 Å². The van der Waals surface area contributed by atoms with Crippen LogP contribution >= 0.6 is 0 Å². The maximum Gasteiger partial charge on any atom is 0.148 e. The van der Waals surface area contributed by atoms with Crippen LogP contribution in [0.4, 0.5) is 5.69 Å². The first-order valence-corrected chi connectivity index (χ1v) is 6.77. The van der Waals surface area contributed by atoms with Crippen molar-refractivity contribution in [2.24, 2.45) is 0 Å². The summed E-state index contributed by atoms with van der Waals surface area (Å²) in [5.74, 6) is 4.10. The highest BCUT2D eigenvalue weighted by molar-refractivity contribution is 5.58. The highest BCUT2D eigenvalue weighted by Gasteiger charge is 2.06. The van der Waals surface area contributed by atoms with Crippen molar-refractivity contribution >= 4 is 5.69 Å². The fourth-order valence-corrected chi connectivity index (χ4v) is 2.06. The number of anilines is 1. The molecule has 0 fully saturated rings. The van der Waals surface area contributed by atoms with E-state index in [-0.39, 0.29) is 6.61 Å². The number of terminal acetylenes is 1.